The maximum Gasteiger partial charge on any atom is 0.339 e. The molecule has 3 rings (SSSR count). The van der Waals surface area contributed by atoms with E-state index in [0.29, 0.717) is 12.1 Å². The van der Waals surface area contributed by atoms with E-state index in [1.54, 1.807) is 6.07 Å². The topological polar surface area (TPSA) is 53.7 Å². The van der Waals surface area contributed by atoms with E-state index in [2.05, 4.69) is 18.7 Å². The number of phenols is 1. The molecule has 0 fully saturated rings. The maximum atomic E-state index is 12.5. The Hall–Kier alpha value is -1.81. The minimum atomic E-state index is -0.215. The van der Waals surface area contributed by atoms with E-state index in [4.69, 9.17) is 4.42 Å². The van der Waals surface area contributed by atoms with Crippen molar-refractivity contribution in [2.24, 2.45) is 0 Å². The zero-order valence-corrected chi connectivity index (χ0v) is 16.1. The summed E-state index contributed by atoms with van der Waals surface area (Å²) in [6.45, 7) is 7.02. The van der Waals surface area contributed by atoms with Gasteiger partial charge >= 0.3 is 5.63 Å². The van der Waals surface area contributed by atoms with Crippen LogP contribution in [0.4, 0.5) is 0 Å². The molecule has 1 aromatic carbocycles. The number of fused-ring (bicyclic) bond motifs is 3. The van der Waals surface area contributed by atoms with Gasteiger partial charge < -0.3 is 9.52 Å². The standard InChI is InChI=1S/C22H31NO3/c1-3-5-13-23(14-6-4-2)15-19-20(24)12-11-17-16-9-7-8-10-18(16)22(25)26-21(17)19/h11-12,24H,3-10,13-15H2,1-2H3. The van der Waals surface area contributed by atoms with Crippen molar-refractivity contribution >= 4 is 11.0 Å². The van der Waals surface area contributed by atoms with Crippen LogP contribution >= 0.6 is 0 Å². The fourth-order valence-electron chi connectivity index (χ4n) is 3.96. The van der Waals surface area contributed by atoms with E-state index in [1.807, 2.05) is 6.07 Å². The minimum absolute atomic E-state index is 0.215. The Balaban J connectivity index is 2.02. The maximum absolute atomic E-state index is 12.5. The van der Waals surface area contributed by atoms with E-state index in [-0.39, 0.29) is 11.4 Å². The zero-order valence-electron chi connectivity index (χ0n) is 16.1. The SMILES string of the molecule is CCCCN(CCCC)Cc1c(O)ccc2c3c(c(=O)oc12)CCCC3. The number of rotatable bonds is 8. The lowest BCUT2D eigenvalue weighted by atomic mass is 9.90. The molecule has 0 saturated heterocycles. The van der Waals surface area contributed by atoms with E-state index < -0.39 is 0 Å². The van der Waals surface area contributed by atoms with Crippen molar-refractivity contribution < 1.29 is 9.52 Å². The average molecular weight is 357 g/mol. The highest BCUT2D eigenvalue weighted by Gasteiger charge is 2.21. The largest absolute Gasteiger partial charge is 0.507 e. The van der Waals surface area contributed by atoms with Crippen LogP contribution < -0.4 is 5.63 Å². The van der Waals surface area contributed by atoms with Crippen LogP contribution in [0.2, 0.25) is 0 Å². The third-order valence-electron chi connectivity index (χ3n) is 5.51. The van der Waals surface area contributed by atoms with Crippen molar-refractivity contribution in [3.63, 3.8) is 0 Å². The Labute approximate surface area is 155 Å². The normalized spacial score (nSPS) is 14.1. The quantitative estimate of drug-likeness (QED) is 0.691. The van der Waals surface area contributed by atoms with Crippen LogP contribution in [-0.2, 0) is 19.4 Å². The van der Waals surface area contributed by atoms with E-state index >= 15 is 0 Å². The summed E-state index contributed by atoms with van der Waals surface area (Å²) in [5.41, 5.74) is 3.12. The van der Waals surface area contributed by atoms with E-state index in [9.17, 15) is 9.90 Å². The van der Waals surface area contributed by atoms with E-state index in [0.717, 1.165) is 86.5 Å². The molecular formula is C22H31NO3. The fourth-order valence-corrected chi connectivity index (χ4v) is 3.96. The number of hydrogen-bond acceptors (Lipinski definition) is 4. The number of phenolic OH excluding ortho intramolecular Hbond substituents is 1. The number of nitrogens with zero attached hydrogens (tertiary/aromatic N) is 1. The third-order valence-corrected chi connectivity index (χ3v) is 5.51. The van der Waals surface area contributed by atoms with Gasteiger partial charge in [0.15, 0.2) is 0 Å². The number of hydrogen-bond donors (Lipinski definition) is 1. The summed E-state index contributed by atoms with van der Waals surface area (Å²) in [6.07, 6.45) is 8.46. The molecule has 1 aliphatic carbocycles. The second-order valence-electron chi connectivity index (χ2n) is 7.48. The molecule has 0 amide bonds. The Kier molecular flexibility index (Phi) is 6.36. The predicted octanol–water partition coefficient (Wildman–Crippen LogP) is 4.78. The summed E-state index contributed by atoms with van der Waals surface area (Å²) in [4.78, 5) is 14.9. The molecule has 0 aliphatic heterocycles. The fraction of sp³-hybridized carbons (Fsp3) is 0.591. The molecule has 142 valence electrons. The lowest BCUT2D eigenvalue weighted by Crippen LogP contribution is -2.26. The van der Waals surface area contributed by atoms with Crippen molar-refractivity contribution in [1.82, 2.24) is 4.90 Å². The highest BCUT2D eigenvalue weighted by Crippen LogP contribution is 2.33. The molecule has 4 nitrogen and oxygen atoms in total. The summed E-state index contributed by atoms with van der Waals surface area (Å²) in [5.74, 6) is 0.231. The number of benzene rings is 1. The Morgan fingerprint density at radius 1 is 1.04 bits per heavy atom. The van der Waals surface area contributed by atoms with Crippen LogP contribution in [0.3, 0.4) is 0 Å². The smallest absolute Gasteiger partial charge is 0.339 e. The third kappa shape index (κ3) is 3.96. The van der Waals surface area contributed by atoms with Crippen molar-refractivity contribution in [2.75, 3.05) is 13.1 Å². The van der Waals surface area contributed by atoms with Gasteiger partial charge in [-0.05, 0) is 69.3 Å². The van der Waals surface area contributed by atoms with Crippen molar-refractivity contribution in [3.05, 3.63) is 39.2 Å². The van der Waals surface area contributed by atoms with Crippen LogP contribution in [-0.4, -0.2) is 23.1 Å². The molecule has 1 aliphatic rings. The molecule has 0 bridgehead atoms. The predicted molar refractivity (Wildman–Crippen MR) is 106 cm³/mol. The van der Waals surface area contributed by atoms with Gasteiger partial charge in [0.05, 0.1) is 5.56 Å². The average Bonchev–Trinajstić information content (AvgIpc) is 2.66. The first-order valence-electron chi connectivity index (χ1n) is 10.2. The van der Waals surface area contributed by atoms with Gasteiger partial charge in [0.2, 0.25) is 0 Å². The number of aromatic hydroxyl groups is 1. The second kappa shape index (κ2) is 8.72. The first-order valence-corrected chi connectivity index (χ1v) is 10.2. The summed E-state index contributed by atoms with van der Waals surface area (Å²) < 4.78 is 5.74. The summed E-state index contributed by atoms with van der Waals surface area (Å²) in [6, 6.07) is 3.69. The molecule has 26 heavy (non-hydrogen) atoms. The number of unbranched alkanes of at least 4 members (excludes halogenated alkanes) is 2. The van der Waals surface area contributed by atoms with Crippen molar-refractivity contribution in [1.29, 1.82) is 0 Å². The molecule has 1 heterocycles. The van der Waals surface area contributed by atoms with Gasteiger partial charge in [-0.25, -0.2) is 4.79 Å². The Bertz CT molecular complexity index is 801. The van der Waals surface area contributed by atoms with E-state index in [1.165, 1.54) is 0 Å². The molecule has 2 aromatic rings. The molecule has 0 atom stereocenters. The summed E-state index contributed by atoms with van der Waals surface area (Å²) >= 11 is 0. The van der Waals surface area contributed by atoms with Crippen LogP contribution in [0.25, 0.3) is 11.0 Å². The van der Waals surface area contributed by atoms with Gasteiger partial charge in [-0.2, -0.15) is 0 Å². The van der Waals surface area contributed by atoms with Crippen molar-refractivity contribution in [2.45, 2.75) is 71.8 Å². The monoisotopic (exact) mass is 357 g/mol. The molecule has 1 N–H and O–H groups in total. The molecule has 1 aromatic heterocycles. The van der Waals surface area contributed by atoms with Gasteiger partial charge in [-0.15, -0.1) is 0 Å². The first kappa shape index (κ1) is 19.0. The molecule has 0 unspecified atom stereocenters. The van der Waals surface area contributed by atoms with Gasteiger partial charge in [0.1, 0.15) is 11.3 Å². The van der Waals surface area contributed by atoms with Gasteiger partial charge in [-0.1, -0.05) is 26.7 Å². The molecule has 0 radical (unpaired) electrons. The Morgan fingerprint density at radius 3 is 2.35 bits per heavy atom. The lowest BCUT2D eigenvalue weighted by molar-refractivity contribution is 0.253. The second-order valence-corrected chi connectivity index (χ2v) is 7.48. The van der Waals surface area contributed by atoms with Crippen LogP contribution in [0.1, 0.15) is 69.1 Å². The highest BCUT2D eigenvalue weighted by molar-refractivity contribution is 5.86. The van der Waals surface area contributed by atoms with Crippen LogP contribution in [0.15, 0.2) is 21.3 Å². The molecule has 0 spiro atoms. The van der Waals surface area contributed by atoms with Crippen LogP contribution in [0.5, 0.6) is 5.75 Å². The van der Waals surface area contributed by atoms with Crippen molar-refractivity contribution in [3.8, 4) is 5.75 Å². The zero-order chi connectivity index (χ0) is 18.5. The first-order chi connectivity index (χ1) is 12.7. The lowest BCUT2D eigenvalue weighted by Gasteiger charge is -2.24. The highest BCUT2D eigenvalue weighted by atomic mass is 16.4. The summed E-state index contributed by atoms with van der Waals surface area (Å²) in [5, 5.41) is 11.5. The Morgan fingerprint density at radius 2 is 1.69 bits per heavy atom. The minimum Gasteiger partial charge on any atom is -0.507 e. The van der Waals surface area contributed by atoms with Gasteiger partial charge in [0.25, 0.3) is 0 Å². The molecule has 0 saturated carbocycles. The van der Waals surface area contributed by atoms with Gasteiger partial charge in [-0.3, -0.25) is 4.90 Å². The molecule has 4 heteroatoms. The number of aryl methyl sites for hydroxylation is 1. The van der Waals surface area contributed by atoms with Gasteiger partial charge in [0, 0.05) is 17.5 Å². The summed E-state index contributed by atoms with van der Waals surface area (Å²) in [7, 11) is 0. The molecular weight excluding hydrogens is 326 g/mol. The van der Waals surface area contributed by atoms with Crippen LogP contribution in [0, 0.1) is 0 Å².